The predicted molar refractivity (Wildman–Crippen MR) is 92.1 cm³/mol. The quantitative estimate of drug-likeness (QED) is 0.625. The van der Waals surface area contributed by atoms with E-state index in [4.69, 9.17) is 16.2 Å². The van der Waals surface area contributed by atoms with E-state index in [-0.39, 0.29) is 28.1 Å². The lowest BCUT2D eigenvalue weighted by Gasteiger charge is -2.25. The first kappa shape index (κ1) is 18.3. The minimum atomic E-state index is -3.60. The van der Waals surface area contributed by atoms with E-state index in [1.54, 1.807) is 6.07 Å². The van der Waals surface area contributed by atoms with Crippen LogP contribution in [0.25, 0.3) is 0 Å². The van der Waals surface area contributed by atoms with Crippen molar-refractivity contribution in [1.29, 1.82) is 0 Å². The van der Waals surface area contributed by atoms with E-state index < -0.39 is 15.7 Å². The Hall–Kier alpha value is -2.09. The second-order valence-electron chi connectivity index (χ2n) is 6.01. The van der Waals surface area contributed by atoms with Crippen molar-refractivity contribution < 1.29 is 17.9 Å². The van der Waals surface area contributed by atoms with Crippen molar-refractivity contribution in [1.82, 2.24) is 0 Å². The number of carbonyl (C=O) groups is 1. The zero-order valence-electron chi connectivity index (χ0n) is 13.9. The average Bonchev–Trinajstić information content (AvgIpc) is 2.52. The third-order valence-corrected chi connectivity index (χ3v) is 5.39. The van der Waals surface area contributed by atoms with Crippen LogP contribution >= 0.6 is 0 Å². The summed E-state index contributed by atoms with van der Waals surface area (Å²) in [7, 11) is -2.26. The molecule has 2 rings (SSSR count). The third kappa shape index (κ3) is 3.87. The molecule has 0 unspecified atom stereocenters. The van der Waals surface area contributed by atoms with E-state index >= 15 is 0 Å². The van der Waals surface area contributed by atoms with E-state index in [0.29, 0.717) is 5.56 Å². The first-order chi connectivity index (χ1) is 11.3. The predicted octanol–water partition coefficient (Wildman–Crippen LogP) is 1.56. The van der Waals surface area contributed by atoms with Gasteiger partial charge in [-0.25, -0.2) is 8.42 Å². The zero-order valence-corrected chi connectivity index (χ0v) is 14.7. The molecule has 7 nitrogen and oxygen atoms in total. The lowest BCUT2D eigenvalue weighted by molar-refractivity contribution is 0.0999. The second-order valence-corrected chi connectivity index (χ2v) is 7.97. The molecule has 4 N–H and O–H groups in total. The Kier molecular flexibility index (Phi) is 5.48. The Morgan fingerprint density at radius 3 is 2.33 bits per heavy atom. The molecule has 1 fully saturated rings. The number of hydrogen-bond donors (Lipinski definition) is 2. The molecular formula is C16H23N3O4S. The Morgan fingerprint density at radius 2 is 1.83 bits per heavy atom. The number of carbonyl (C=O) groups excluding carboxylic acids is 1. The molecular weight excluding hydrogens is 330 g/mol. The van der Waals surface area contributed by atoms with Crippen LogP contribution in [0.1, 0.15) is 53.9 Å². The summed E-state index contributed by atoms with van der Waals surface area (Å²) in [6.45, 7) is 0. The van der Waals surface area contributed by atoms with Crippen LogP contribution in [-0.4, -0.2) is 33.7 Å². The summed E-state index contributed by atoms with van der Waals surface area (Å²) in [4.78, 5) is 15.7. The van der Waals surface area contributed by atoms with Crippen molar-refractivity contribution in [2.24, 2.45) is 16.5 Å². The maximum absolute atomic E-state index is 12.4. The van der Waals surface area contributed by atoms with Crippen LogP contribution in [0.5, 0.6) is 5.75 Å². The molecule has 0 aromatic heterocycles. The summed E-state index contributed by atoms with van der Waals surface area (Å²) >= 11 is 0. The summed E-state index contributed by atoms with van der Waals surface area (Å²) in [5.41, 5.74) is 11.2. The largest absolute Gasteiger partial charge is 0.495 e. The number of hydrogen-bond acceptors (Lipinski definition) is 4. The summed E-state index contributed by atoms with van der Waals surface area (Å²) in [6.07, 6.45) is 6.24. The van der Waals surface area contributed by atoms with Crippen molar-refractivity contribution in [2.45, 2.75) is 42.9 Å². The molecule has 24 heavy (non-hydrogen) atoms. The van der Waals surface area contributed by atoms with Gasteiger partial charge in [0, 0.05) is 6.26 Å². The van der Waals surface area contributed by atoms with Crippen LogP contribution in [0.4, 0.5) is 0 Å². The van der Waals surface area contributed by atoms with Crippen molar-refractivity contribution in [3.05, 3.63) is 23.3 Å². The Morgan fingerprint density at radius 1 is 1.21 bits per heavy atom. The zero-order chi connectivity index (χ0) is 17.9. The SMILES string of the molecule is COc1c(C(=O)N=C(N)N)ccc(C2CCCCC2)c1S(C)(=O)=O. The van der Waals surface area contributed by atoms with Gasteiger partial charge in [0.15, 0.2) is 21.5 Å². The molecule has 1 aromatic rings. The van der Waals surface area contributed by atoms with Gasteiger partial charge in [-0.2, -0.15) is 4.99 Å². The second kappa shape index (κ2) is 7.21. The van der Waals surface area contributed by atoms with Crippen LogP contribution < -0.4 is 16.2 Å². The van der Waals surface area contributed by atoms with Gasteiger partial charge in [-0.1, -0.05) is 25.3 Å². The fraction of sp³-hybridized carbons (Fsp3) is 0.500. The fourth-order valence-corrected chi connectivity index (χ4v) is 4.44. The minimum Gasteiger partial charge on any atom is -0.495 e. The monoisotopic (exact) mass is 353 g/mol. The van der Waals surface area contributed by atoms with Crippen LogP contribution in [0, 0.1) is 0 Å². The number of sulfone groups is 1. The lowest BCUT2D eigenvalue weighted by Crippen LogP contribution is -2.24. The number of methoxy groups -OCH3 is 1. The highest BCUT2D eigenvalue weighted by Gasteiger charge is 2.29. The number of nitrogens with zero attached hydrogens (tertiary/aromatic N) is 1. The molecule has 1 aliphatic carbocycles. The molecule has 0 spiro atoms. The van der Waals surface area contributed by atoms with Gasteiger partial charge in [-0.05, 0) is 30.4 Å². The van der Waals surface area contributed by atoms with Gasteiger partial charge in [0.25, 0.3) is 5.91 Å². The van der Waals surface area contributed by atoms with Crippen molar-refractivity contribution >= 4 is 21.7 Å². The van der Waals surface area contributed by atoms with E-state index in [9.17, 15) is 13.2 Å². The van der Waals surface area contributed by atoms with E-state index in [1.165, 1.54) is 13.2 Å². The third-order valence-electron chi connectivity index (χ3n) is 4.22. The van der Waals surface area contributed by atoms with Crippen LogP contribution in [0.2, 0.25) is 0 Å². The molecule has 0 saturated heterocycles. The van der Waals surface area contributed by atoms with Gasteiger partial charge in [0.2, 0.25) is 0 Å². The standard InChI is InChI=1S/C16H23N3O4S/c1-23-13-12(15(20)19-16(17)18)9-8-11(14(13)24(2,21)22)10-6-4-3-5-7-10/h8-10H,3-7H2,1-2H3,(H4,17,18,19,20). The molecule has 0 atom stereocenters. The Balaban J connectivity index is 2.67. The molecule has 0 radical (unpaired) electrons. The average molecular weight is 353 g/mol. The van der Waals surface area contributed by atoms with E-state index in [0.717, 1.165) is 38.4 Å². The molecule has 1 aliphatic rings. The smallest absolute Gasteiger partial charge is 0.283 e. The summed E-state index contributed by atoms with van der Waals surface area (Å²) < 4.78 is 30.1. The van der Waals surface area contributed by atoms with Crippen LogP contribution in [0.15, 0.2) is 22.0 Å². The molecule has 1 amide bonds. The van der Waals surface area contributed by atoms with E-state index in [2.05, 4.69) is 4.99 Å². The molecule has 1 saturated carbocycles. The first-order valence-corrected chi connectivity index (χ1v) is 9.69. The molecule has 0 bridgehead atoms. The van der Waals surface area contributed by atoms with Gasteiger partial charge in [0.1, 0.15) is 4.90 Å². The molecule has 132 valence electrons. The molecule has 1 aromatic carbocycles. The van der Waals surface area contributed by atoms with Gasteiger partial charge in [-0.15, -0.1) is 0 Å². The number of nitrogens with two attached hydrogens (primary N) is 2. The van der Waals surface area contributed by atoms with Gasteiger partial charge in [0.05, 0.1) is 12.7 Å². The molecule has 8 heteroatoms. The van der Waals surface area contributed by atoms with Crippen molar-refractivity contribution in [2.75, 3.05) is 13.4 Å². The first-order valence-electron chi connectivity index (χ1n) is 7.80. The number of ether oxygens (including phenoxy) is 1. The van der Waals surface area contributed by atoms with Gasteiger partial charge < -0.3 is 16.2 Å². The van der Waals surface area contributed by atoms with Crippen LogP contribution in [0.3, 0.4) is 0 Å². The van der Waals surface area contributed by atoms with Gasteiger partial charge in [-0.3, -0.25) is 4.79 Å². The number of rotatable bonds is 4. The topological polar surface area (TPSA) is 125 Å². The number of benzene rings is 1. The minimum absolute atomic E-state index is 0.00979. The number of amides is 1. The summed E-state index contributed by atoms with van der Waals surface area (Å²) in [5.74, 6) is -0.966. The fourth-order valence-electron chi connectivity index (χ4n) is 3.24. The lowest BCUT2D eigenvalue weighted by atomic mass is 9.83. The highest BCUT2D eigenvalue weighted by Crippen LogP contribution is 2.41. The molecule has 0 aliphatic heterocycles. The van der Waals surface area contributed by atoms with E-state index in [1.807, 2.05) is 0 Å². The van der Waals surface area contributed by atoms with Crippen molar-refractivity contribution in [3.63, 3.8) is 0 Å². The van der Waals surface area contributed by atoms with Crippen LogP contribution in [-0.2, 0) is 9.84 Å². The summed E-state index contributed by atoms with van der Waals surface area (Å²) in [5, 5.41) is 0. The highest BCUT2D eigenvalue weighted by atomic mass is 32.2. The molecule has 0 heterocycles. The Bertz CT molecular complexity index is 762. The van der Waals surface area contributed by atoms with Gasteiger partial charge >= 0.3 is 0 Å². The highest BCUT2D eigenvalue weighted by molar-refractivity contribution is 7.90. The normalized spacial score (nSPS) is 15.8. The van der Waals surface area contributed by atoms with Crippen molar-refractivity contribution in [3.8, 4) is 5.75 Å². The Labute approximate surface area is 142 Å². The number of guanidine groups is 1. The summed E-state index contributed by atoms with van der Waals surface area (Å²) in [6, 6.07) is 3.22. The maximum Gasteiger partial charge on any atom is 0.283 e. The number of aliphatic imine (C=N–C) groups is 1. The maximum atomic E-state index is 12.4.